The van der Waals surface area contributed by atoms with Crippen LogP contribution in [0.3, 0.4) is 0 Å². The average Bonchev–Trinajstić information content (AvgIpc) is 3.36. The monoisotopic (exact) mass is 620 g/mol. The largest absolute Gasteiger partial charge is 0.497 e. The molecule has 9 nitrogen and oxygen atoms in total. The van der Waals surface area contributed by atoms with Gasteiger partial charge in [-0.25, -0.2) is 4.68 Å². The van der Waals surface area contributed by atoms with Gasteiger partial charge in [0.15, 0.2) is 0 Å². The average molecular weight is 621 g/mol. The molecule has 0 fully saturated rings. The van der Waals surface area contributed by atoms with Crippen molar-refractivity contribution in [2.75, 3.05) is 51.7 Å². The lowest BCUT2D eigenvalue weighted by Gasteiger charge is -2.23. The van der Waals surface area contributed by atoms with E-state index in [9.17, 15) is 9.59 Å². The zero-order chi connectivity index (χ0) is 30.3. The first-order chi connectivity index (χ1) is 20.9. The molecular formula is C32H33ClN4O5S. The molecular weight excluding hydrogens is 588 g/mol. The number of benzene rings is 3. The number of nitrogens with zero attached hydrogens (tertiary/aromatic N) is 3. The zero-order valence-corrected chi connectivity index (χ0v) is 25.8. The highest BCUT2D eigenvalue weighted by molar-refractivity contribution is 8.00. The molecule has 2 heterocycles. The van der Waals surface area contributed by atoms with Gasteiger partial charge in [-0.3, -0.25) is 14.5 Å². The molecule has 0 spiro atoms. The molecule has 0 bridgehead atoms. The normalized spacial score (nSPS) is 14.7. The molecule has 1 aromatic heterocycles. The van der Waals surface area contributed by atoms with Gasteiger partial charge in [0.05, 0.1) is 36.6 Å². The van der Waals surface area contributed by atoms with Crippen molar-refractivity contribution in [3.8, 4) is 28.4 Å². The van der Waals surface area contributed by atoms with Crippen LogP contribution in [-0.2, 0) is 14.3 Å². The number of anilines is 1. The first kappa shape index (κ1) is 30.5. The highest BCUT2D eigenvalue weighted by atomic mass is 35.5. The smallest absolute Gasteiger partial charge is 0.240 e. The Morgan fingerprint density at radius 1 is 1.02 bits per heavy atom. The third-order valence-electron chi connectivity index (χ3n) is 7.09. The molecule has 2 amide bonds. The number of rotatable bonds is 11. The maximum Gasteiger partial charge on any atom is 0.240 e. The van der Waals surface area contributed by atoms with Gasteiger partial charge in [0.25, 0.3) is 0 Å². The lowest BCUT2D eigenvalue weighted by atomic mass is 9.99. The Hall–Kier alpha value is -3.99. The summed E-state index contributed by atoms with van der Waals surface area (Å²) in [6, 6.07) is 22.6. The van der Waals surface area contributed by atoms with Gasteiger partial charge in [-0.05, 0) is 48.9 Å². The number of ether oxygens (including phenoxy) is 3. The van der Waals surface area contributed by atoms with Crippen molar-refractivity contribution < 1.29 is 23.8 Å². The number of amides is 2. The molecule has 1 aliphatic heterocycles. The fourth-order valence-corrected chi connectivity index (χ4v) is 6.37. The SMILES string of the molecule is COCCCNC(=O)CN1C(=O)CS[C@@H](c2ccccc2OC)c2c(-c3ccc(Cl)cc3)nn(-c3ccc(OC)cc3)c21. The highest BCUT2D eigenvalue weighted by Crippen LogP contribution is 2.50. The van der Waals surface area contributed by atoms with Gasteiger partial charge in [-0.15, -0.1) is 11.8 Å². The Labute approximate surface area is 260 Å². The summed E-state index contributed by atoms with van der Waals surface area (Å²) < 4.78 is 18.0. The molecule has 43 heavy (non-hydrogen) atoms. The van der Waals surface area contributed by atoms with Crippen molar-refractivity contribution in [2.45, 2.75) is 11.7 Å². The number of carbonyl (C=O) groups excluding carboxylic acids is 2. The summed E-state index contributed by atoms with van der Waals surface area (Å²) in [6.45, 7) is 0.798. The number of para-hydroxylation sites is 1. The van der Waals surface area contributed by atoms with Crippen molar-refractivity contribution in [2.24, 2.45) is 0 Å². The van der Waals surface area contributed by atoms with Crippen LogP contribution in [0.2, 0.25) is 5.02 Å². The fourth-order valence-electron chi connectivity index (χ4n) is 5.02. The van der Waals surface area contributed by atoms with E-state index in [0.29, 0.717) is 53.3 Å². The van der Waals surface area contributed by atoms with E-state index in [1.165, 1.54) is 11.8 Å². The van der Waals surface area contributed by atoms with Gasteiger partial charge in [-0.2, -0.15) is 5.10 Å². The molecule has 0 aliphatic carbocycles. The van der Waals surface area contributed by atoms with E-state index < -0.39 is 0 Å². The molecule has 1 N–H and O–H groups in total. The van der Waals surface area contributed by atoms with Crippen molar-refractivity contribution >= 4 is 41.0 Å². The number of carbonyl (C=O) groups is 2. The summed E-state index contributed by atoms with van der Waals surface area (Å²) in [4.78, 5) is 28.6. The van der Waals surface area contributed by atoms with Gasteiger partial charge >= 0.3 is 0 Å². The van der Waals surface area contributed by atoms with Crippen LogP contribution in [0.25, 0.3) is 16.9 Å². The quantitative estimate of drug-likeness (QED) is 0.220. The molecule has 0 saturated heterocycles. The number of thioether (sulfide) groups is 1. The molecule has 1 aliphatic rings. The fraction of sp³-hybridized carbons (Fsp3) is 0.281. The Morgan fingerprint density at radius 2 is 1.77 bits per heavy atom. The van der Waals surface area contributed by atoms with Crippen LogP contribution in [0.4, 0.5) is 5.82 Å². The maximum atomic E-state index is 13.9. The van der Waals surface area contributed by atoms with E-state index in [-0.39, 0.29) is 29.4 Å². The molecule has 0 saturated carbocycles. The molecule has 4 aromatic rings. The van der Waals surface area contributed by atoms with Gasteiger partial charge in [0, 0.05) is 42.0 Å². The summed E-state index contributed by atoms with van der Waals surface area (Å²) >= 11 is 7.74. The van der Waals surface area contributed by atoms with Crippen LogP contribution in [-0.4, -0.2) is 68.4 Å². The van der Waals surface area contributed by atoms with Crippen LogP contribution in [0.5, 0.6) is 11.5 Å². The lowest BCUT2D eigenvalue weighted by Crippen LogP contribution is -2.42. The Kier molecular flexibility index (Phi) is 9.91. The third-order valence-corrected chi connectivity index (χ3v) is 8.58. The summed E-state index contributed by atoms with van der Waals surface area (Å²) in [6.07, 6.45) is 0.664. The van der Waals surface area contributed by atoms with Gasteiger partial charge in [0.2, 0.25) is 11.8 Å². The number of hydrogen-bond donors (Lipinski definition) is 1. The van der Waals surface area contributed by atoms with Gasteiger partial charge in [0.1, 0.15) is 23.9 Å². The molecule has 224 valence electrons. The Morgan fingerprint density at radius 3 is 2.47 bits per heavy atom. The predicted molar refractivity (Wildman–Crippen MR) is 170 cm³/mol. The van der Waals surface area contributed by atoms with Crippen LogP contribution < -0.4 is 19.7 Å². The van der Waals surface area contributed by atoms with Crippen molar-refractivity contribution in [1.29, 1.82) is 0 Å². The summed E-state index contributed by atoms with van der Waals surface area (Å²) in [7, 11) is 4.86. The van der Waals surface area contributed by atoms with E-state index in [2.05, 4.69) is 5.32 Å². The molecule has 11 heteroatoms. The molecule has 0 unspecified atom stereocenters. The van der Waals surface area contributed by atoms with Crippen molar-refractivity contribution in [3.05, 3.63) is 88.9 Å². The van der Waals surface area contributed by atoms with E-state index >= 15 is 0 Å². The minimum Gasteiger partial charge on any atom is -0.497 e. The minimum absolute atomic E-state index is 0.150. The minimum atomic E-state index is -0.331. The number of fused-ring (bicyclic) bond motifs is 1. The lowest BCUT2D eigenvalue weighted by molar-refractivity contribution is -0.122. The van der Waals surface area contributed by atoms with Crippen LogP contribution in [0.1, 0.15) is 22.8 Å². The topological polar surface area (TPSA) is 94.9 Å². The standard InChI is InChI=1S/C32H33ClN4O5S/c1-40-18-6-17-34-27(38)19-36-28(39)20-43-31(25-7-4-5-8-26(25)42-3)29-30(21-9-11-22(33)12-10-21)35-37(32(29)36)23-13-15-24(41-2)16-14-23/h4-5,7-16,31H,6,17-20H2,1-3H3,(H,34,38)/t31-/m0/s1. The Bertz CT molecular complexity index is 1580. The van der Waals surface area contributed by atoms with Crippen LogP contribution in [0.15, 0.2) is 72.8 Å². The van der Waals surface area contributed by atoms with Gasteiger partial charge in [-0.1, -0.05) is 41.9 Å². The van der Waals surface area contributed by atoms with E-state index in [1.54, 1.807) is 30.9 Å². The summed E-state index contributed by atoms with van der Waals surface area (Å²) in [5, 5.41) is 8.29. The molecule has 0 radical (unpaired) electrons. The second kappa shape index (κ2) is 14.0. The van der Waals surface area contributed by atoms with Crippen molar-refractivity contribution in [3.63, 3.8) is 0 Å². The molecule has 1 atom stereocenters. The number of methoxy groups -OCH3 is 3. The first-order valence-electron chi connectivity index (χ1n) is 13.8. The summed E-state index contributed by atoms with van der Waals surface area (Å²) in [5.41, 5.74) is 3.91. The second-order valence-corrected chi connectivity index (χ2v) is 11.3. The highest BCUT2D eigenvalue weighted by Gasteiger charge is 2.38. The van der Waals surface area contributed by atoms with E-state index in [1.807, 2.05) is 72.8 Å². The third kappa shape index (κ3) is 6.66. The maximum absolute atomic E-state index is 13.9. The molecule has 5 rings (SSSR count). The van der Waals surface area contributed by atoms with E-state index in [0.717, 1.165) is 16.7 Å². The Balaban J connectivity index is 1.74. The first-order valence-corrected chi connectivity index (χ1v) is 15.2. The second-order valence-electron chi connectivity index (χ2n) is 9.81. The molecule has 3 aromatic carbocycles. The summed E-state index contributed by atoms with van der Waals surface area (Å²) in [5.74, 6) is 1.58. The number of nitrogens with one attached hydrogen (secondary N) is 1. The number of aromatic nitrogens is 2. The zero-order valence-electron chi connectivity index (χ0n) is 24.2. The van der Waals surface area contributed by atoms with Crippen molar-refractivity contribution in [1.82, 2.24) is 15.1 Å². The van der Waals surface area contributed by atoms with Crippen LogP contribution >= 0.6 is 23.4 Å². The van der Waals surface area contributed by atoms with Crippen LogP contribution in [0, 0.1) is 0 Å². The predicted octanol–water partition coefficient (Wildman–Crippen LogP) is 5.53. The van der Waals surface area contributed by atoms with E-state index in [4.69, 9.17) is 30.9 Å². The number of halogens is 1. The number of hydrogen-bond acceptors (Lipinski definition) is 7. The van der Waals surface area contributed by atoms with Gasteiger partial charge < -0.3 is 19.5 Å².